The van der Waals surface area contributed by atoms with E-state index in [9.17, 15) is 4.79 Å². The second-order valence-corrected chi connectivity index (χ2v) is 7.72. The smallest absolute Gasteiger partial charge is 0.237 e. The minimum Gasteiger partial charge on any atom is -0.373 e. The van der Waals surface area contributed by atoms with Crippen molar-refractivity contribution in [1.82, 2.24) is 10.2 Å². The first-order valence-electron chi connectivity index (χ1n) is 9.32. The SMILES string of the molecule is CC(C)C[C@H](N)C(=O)NCc1ccc(CN2CC(C)OC(C)C2)cc1. The van der Waals surface area contributed by atoms with E-state index in [0.29, 0.717) is 18.9 Å². The minimum atomic E-state index is -0.426. The molecule has 2 rings (SSSR count). The van der Waals surface area contributed by atoms with Gasteiger partial charge in [-0.2, -0.15) is 0 Å². The fraction of sp³-hybridized carbons (Fsp3) is 0.650. The largest absolute Gasteiger partial charge is 0.373 e. The number of nitrogens with two attached hydrogens (primary N) is 1. The van der Waals surface area contributed by atoms with E-state index in [0.717, 1.165) is 25.2 Å². The van der Waals surface area contributed by atoms with Gasteiger partial charge < -0.3 is 15.8 Å². The molecule has 5 nitrogen and oxygen atoms in total. The molecule has 0 spiro atoms. The maximum atomic E-state index is 12.0. The second-order valence-electron chi connectivity index (χ2n) is 7.72. The summed E-state index contributed by atoms with van der Waals surface area (Å²) < 4.78 is 5.78. The van der Waals surface area contributed by atoms with Crippen molar-refractivity contribution in [3.63, 3.8) is 0 Å². The quantitative estimate of drug-likeness (QED) is 0.794. The molecule has 1 aromatic carbocycles. The summed E-state index contributed by atoms with van der Waals surface area (Å²) in [6.07, 6.45) is 1.28. The first kappa shape index (κ1) is 19.9. The van der Waals surface area contributed by atoms with Gasteiger partial charge >= 0.3 is 0 Å². The van der Waals surface area contributed by atoms with Crippen molar-refractivity contribution >= 4 is 5.91 Å². The van der Waals surface area contributed by atoms with Gasteiger partial charge in [0.25, 0.3) is 0 Å². The van der Waals surface area contributed by atoms with Crippen molar-refractivity contribution in [2.75, 3.05) is 13.1 Å². The number of hydrogen-bond acceptors (Lipinski definition) is 4. The highest BCUT2D eigenvalue weighted by atomic mass is 16.5. The van der Waals surface area contributed by atoms with Gasteiger partial charge in [0.2, 0.25) is 5.91 Å². The Kier molecular flexibility index (Phi) is 7.41. The number of benzene rings is 1. The Morgan fingerprint density at radius 1 is 1.20 bits per heavy atom. The number of morpholine rings is 1. The van der Waals surface area contributed by atoms with Crippen LogP contribution in [-0.2, 0) is 22.6 Å². The van der Waals surface area contributed by atoms with Crippen molar-refractivity contribution in [3.8, 4) is 0 Å². The first-order chi connectivity index (χ1) is 11.8. The van der Waals surface area contributed by atoms with Crippen LogP contribution in [0.25, 0.3) is 0 Å². The molecule has 1 heterocycles. The maximum absolute atomic E-state index is 12.0. The van der Waals surface area contributed by atoms with Crippen LogP contribution in [0, 0.1) is 5.92 Å². The molecule has 0 radical (unpaired) electrons. The lowest BCUT2D eigenvalue weighted by atomic mass is 10.0. The van der Waals surface area contributed by atoms with Crippen molar-refractivity contribution in [2.24, 2.45) is 11.7 Å². The Hall–Kier alpha value is -1.43. The number of carbonyl (C=O) groups excluding carboxylic acids is 1. The van der Waals surface area contributed by atoms with Crippen molar-refractivity contribution < 1.29 is 9.53 Å². The van der Waals surface area contributed by atoms with E-state index in [-0.39, 0.29) is 18.1 Å². The summed E-state index contributed by atoms with van der Waals surface area (Å²) in [5.74, 6) is 0.347. The average molecular weight is 348 g/mol. The van der Waals surface area contributed by atoms with E-state index in [1.165, 1.54) is 5.56 Å². The Morgan fingerprint density at radius 3 is 2.32 bits per heavy atom. The predicted octanol–water partition coefficient (Wildman–Crippen LogP) is 2.29. The van der Waals surface area contributed by atoms with Gasteiger partial charge in [0.05, 0.1) is 18.2 Å². The second kappa shape index (κ2) is 9.32. The lowest BCUT2D eigenvalue weighted by Gasteiger charge is -2.35. The van der Waals surface area contributed by atoms with Gasteiger partial charge in [0.1, 0.15) is 0 Å². The van der Waals surface area contributed by atoms with Gasteiger partial charge in [0.15, 0.2) is 0 Å². The third kappa shape index (κ3) is 6.77. The molecule has 0 saturated carbocycles. The summed E-state index contributed by atoms with van der Waals surface area (Å²) in [7, 11) is 0. The fourth-order valence-corrected chi connectivity index (χ4v) is 3.37. The van der Waals surface area contributed by atoms with Gasteiger partial charge in [-0.1, -0.05) is 38.1 Å². The van der Waals surface area contributed by atoms with Gasteiger partial charge in [-0.3, -0.25) is 9.69 Å². The molecule has 3 N–H and O–H groups in total. The van der Waals surface area contributed by atoms with Crippen LogP contribution in [0.4, 0.5) is 0 Å². The summed E-state index contributed by atoms with van der Waals surface area (Å²) in [6.45, 7) is 11.8. The number of hydrogen-bond donors (Lipinski definition) is 2. The molecule has 0 aliphatic carbocycles. The highest BCUT2D eigenvalue weighted by Crippen LogP contribution is 2.15. The topological polar surface area (TPSA) is 67.6 Å². The van der Waals surface area contributed by atoms with Crippen LogP contribution in [-0.4, -0.2) is 42.1 Å². The van der Waals surface area contributed by atoms with Crippen LogP contribution in [0.1, 0.15) is 45.2 Å². The lowest BCUT2D eigenvalue weighted by Crippen LogP contribution is -2.44. The third-order valence-electron chi connectivity index (χ3n) is 4.45. The number of nitrogens with one attached hydrogen (secondary N) is 1. The molecule has 1 saturated heterocycles. The molecule has 1 aromatic rings. The zero-order chi connectivity index (χ0) is 18.4. The maximum Gasteiger partial charge on any atom is 0.237 e. The zero-order valence-corrected chi connectivity index (χ0v) is 16.0. The molecule has 1 amide bonds. The standard InChI is InChI=1S/C20H33N3O2/c1-14(2)9-19(21)20(24)22-10-17-5-7-18(8-6-17)13-23-11-15(3)25-16(4)12-23/h5-8,14-16,19H,9-13,21H2,1-4H3,(H,22,24)/t15?,16?,19-/m0/s1. The summed E-state index contributed by atoms with van der Waals surface area (Å²) in [4.78, 5) is 14.4. The van der Waals surface area contributed by atoms with Crippen molar-refractivity contribution in [3.05, 3.63) is 35.4 Å². The minimum absolute atomic E-state index is 0.0749. The highest BCUT2D eigenvalue weighted by Gasteiger charge is 2.22. The highest BCUT2D eigenvalue weighted by molar-refractivity contribution is 5.81. The van der Waals surface area contributed by atoms with E-state index in [2.05, 4.69) is 62.2 Å². The molecule has 0 aromatic heterocycles. The molecule has 1 fully saturated rings. The molecule has 140 valence electrons. The Balaban J connectivity index is 1.80. The van der Waals surface area contributed by atoms with Crippen LogP contribution >= 0.6 is 0 Å². The van der Waals surface area contributed by atoms with Gasteiger partial charge in [0, 0.05) is 26.2 Å². The number of ether oxygens (including phenoxy) is 1. The molecule has 1 aliphatic heterocycles. The van der Waals surface area contributed by atoms with Crippen LogP contribution in [0.15, 0.2) is 24.3 Å². The molecule has 1 aliphatic rings. The molecule has 3 atom stereocenters. The summed E-state index contributed by atoms with van der Waals surface area (Å²) in [6, 6.07) is 8.01. The third-order valence-corrected chi connectivity index (χ3v) is 4.45. The molecule has 25 heavy (non-hydrogen) atoms. The normalized spacial score (nSPS) is 22.8. The van der Waals surface area contributed by atoms with E-state index in [1.807, 2.05) is 0 Å². The summed E-state index contributed by atoms with van der Waals surface area (Å²) in [5, 5.41) is 2.93. The Labute approximate surface area is 151 Å². The van der Waals surface area contributed by atoms with E-state index in [4.69, 9.17) is 10.5 Å². The van der Waals surface area contributed by atoms with Crippen LogP contribution in [0.2, 0.25) is 0 Å². The zero-order valence-electron chi connectivity index (χ0n) is 16.0. The number of nitrogens with zero attached hydrogens (tertiary/aromatic N) is 1. The first-order valence-corrected chi connectivity index (χ1v) is 9.32. The number of amides is 1. The van der Waals surface area contributed by atoms with Gasteiger partial charge in [-0.05, 0) is 37.3 Å². The monoisotopic (exact) mass is 347 g/mol. The predicted molar refractivity (Wildman–Crippen MR) is 101 cm³/mol. The lowest BCUT2D eigenvalue weighted by molar-refractivity contribution is -0.122. The van der Waals surface area contributed by atoms with E-state index < -0.39 is 6.04 Å². The number of rotatable bonds is 7. The Bertz CT molecular complexity index is 534. The van der Waals surface area contributed by atoms with Crippen LogP contribution in [0.5, 0.6) is 0 Å². The number of carbonyl (C=O) groups is 1. The molecule has 2 unspecified atom stereocenters. The molecular formula is C20H33N3O2. The molecule has 5 heteroatoms. The van der Waals surface area contributed by atoms with E-state index >= 15 is 0 Å². The fourth-order valence-electron chi connectivity index (χ4n) is 3.37. The van der Waals surface area contributed by atoms with Crippen LogP contribution in [0.3, 0.4) is 0 Å². The van der Waals surface area contributed by atoms with E-state index in [1.54, 1.807) is 0 Å². The summed E-state index contributed by atoms with van der Waals surface area (Å²) in [5.41, 5.74) is 8.29. The Morgan fingerprint density at radius 2 is 1.76 bits per heavy atom. The molecular weight excluding hydrogens is 314 g/mol. The van der Waals surface area contributed by atoms with Gasteiger partial charge in [-0.15, -0.1) is 0 Å². The molecule has 0 bridgehead atoms. The van der Waals surface area contributed by atoms with Crippen molar-refractivity contribution in [2.45, 2.75) is 65.5 Å². The average Bonchev–Trinajstić information content (AvgIpc) is 2.52. The van der Waals surface area contributed by atoms with Crippen LogP contribution < -0.4 is 11.1 Å². The van der Waals surface area contributed by atoms with Gasteiger partial charge in [-0.25, -0.2) is 0 Å². The summed E-state index contributed by atoms with van der Waals surface area (Å²) >= 11 is 0. The van der Waals surface area contributed by atoms with Crippen molar-refractivity contribution in [1.29, 1.82) is 0 Å².